The number of ether oxygens (including phenoxy) is 1. The van der Waals surface area contributed by atoms with Crippen molar-refractivity contribution in [1.29, 1.82) is 0 Å². The first-order valence-electron chi connectivity index (χ1n) is 3.47. The van der Waals surface area contributed by atoms with Crippen molar-refractivity contribution >= 4 is 34.2 Å². The van der Waals surface area contributed by atoms with E-state index in [-0.39, 0.29) is 6.54 Å². The molecule has 0 saturated carbocycles. The SMILES string of the molecule is FC(F)(F)OCCn1cc(Cl)c(I)n1. The first-order chi connectivity index (χ1) is 6.38. The van der Waals surface area contributed by atoms with Gasteiger partial charge in [0.2, 0.25) is 0 Å². The highest BCUT2D eigenvalue weighted by Crippen LogP contribution is 2.17. The lowest BCUT2D eigenvalue weighted by Gasteiger charge is -2.06. The number of aromatic nitrogens is 2. The van der Waals surface area contributed by atoms with Crippen LogP contribution in [0.5, 0.6) is 0 Å². The lowest BCUT2D eigenvalue weighted by atomic mass is 10.7. The van der Waals surface area contributed by atoms with E-state index in [1.165, 1.54) is 10.9 Å². The van der Waals surface area contributed by atoms with Gasteiger partial charge in [-0.05, 0) is 22.6 Å². The van der Waals surface area contributed by atoms with Gasteiger partial charge in [-0.1, -0.05) is 11.6 Å². The van der Waals surface area contributed by atoms with E-state index in [2.05, 4.69) is 9.84 Å². The van der Waals surface area contributed by atoms with Crippen LogP contribution in [0.25, 0.3) is 0 Å². The molecule has 0 spiro atoms. The van der Waals surface area contributed by atoms with Crippen LogP contribution in [-0.4, -0.2) is 22.7 Å². The second-order valence-electron chi connectivity index (χ2n) is 2.33. The van der Waals surface area contributed by atoms with E-state index >= 15 is 0 Å². The molecule has 0 atom stereocenters. The van der Waals surface area contributed by atoms with Gasteiger partial charge >= 0.3 is 6.36 Å². The van der Waals surface area contributed by atoms with Gasteiger partial charge in [-0.2, -0.15) is 5.10 Å². The smallest absolute Gasteiger partial charge is 0.290 e. The minimum absolute atomic E-state index is 0.0161. The van der Waals surface area contributed by atoms with Gasteiger partial charge in [0.1, 0.15) is 3.70 Å². The number of halogens is 5. The third-order valence-electron chi connectivity index (χ3n) is 1.26. The van der Waals surface area contributed by atoms with Crippen LogP contribution in [0.4, 0.5) is 13.2 Å². The predicted molar refractivity (Wildman–Crippen MR) is 52.0 cm³/mol. The highest BCUT2D eigenvalue weighted by molar-refractivity contribution is 14.1. The Balaban J connectivity index is 2.39. The van der Waals surface area contributed by atoms with Gasteiger partial charge in [0.05, 0.1) is 18.2 Å². The van der Waals surface area contributed by atoms with Crippen LogP contribution in [0.1, 0.15) is 0 Å². The Morgan fingerprint density at radius 3 is 2.64 bits per heavy atom. The highest BCUT2D eigenvalue weighted by atomic mass is 127. The highest BCUT2D eigenvalue weighted by Gasteiger charge is 2.28. The maximum absolute atomic E-state index is 11.6. The van der Waals surface area contributed by atoms with Crippen molar-refractivity contribution in [1.82, 2.24) is 9.78 Å². The molecule has 0 aliphatic rings. The van der Waals surface area contributed by atoms with Crippen LogP contribution in [0, 0.1) is 3.70 Å². The normalized spacial score (nSPS) is 12.1. The van der Waals surface area contributed by atoms with Gasteiger partial charge in [0, 0.05) is 6.20 Å². The summed E-state index contributed by atoms with van der Waals surface area (Å²) in [4.78, 5) is 0. The van der Waals surface area contributed by atoms with Crippen molar-refractivity contribution in [2.75, 3.05) is 6.61 Å². The zero-order valence-electron chi connectivity index (χ0n) is 6.68. The molecule has 1 rings (SSSR count). The van der Waals surface area contributed by atoms with E-state index in [0.29, 0.717) is 8.72 Å². The topological polar surface area (TPSA) is 27.1 Å². The Labute approximate surface area is 96.3 Å². The lowest BCUT2D eigenvalue weighted by molar-refractivity contribution is -0.325. The summed E-state index contributed by atoms with van der Waals surface area (Å²) < 4.78 is 40.1. The second-order valence-corrected chi connectivity index (χ2v) is 3.75. The molecule has 1 aromatic heterocycles. The first kappa shape index (κ1) is 12.1. The molecule has 0 aliphatic heterocycles. The van der Waals surface area contributed by atoms with Gasteiger partial charge in [0.15, 0.2) is 0 Å². The summed E-state index contributed by atoms with van der Waals surface area (Å²) in [5.74, 6) is 0. The maximum Gasteiger partial charge on any atom is 0.522 e. The minimum Gasteiger partial charge on any atom is -0.290 e. The molecule has 0 fully saturated rings. The summed E-state index contributed by atoms with van der Waals surface area (Å²) in [6.45, 7) is -0.459. The van der Waals surface area contributed by atoms with Gasteiger partial charge < -0.3 is 0 Å². The zero-order valence-corrected chi connectivity index (χ0v) is 9.60. The van der Waals surface area contributed by atoms with Crippen LogP contribution >= 0.6 is 34.2 Å². The average molecular weight is 340 g/mol. The predicted octanol–water partition coefficient (Wildman–Crippen LogP) is 2.68. The monoisotopic (exact) mass is 340 g/mol. The minimum atomic E-state index is -4.59. The largest absolute Gasteiger partial charge is 0.522 e. The van der Waals surface area contributed by atoms with Crippen LogP contribution in [0.3, 0.4) is 0 Å². The van der Waals surface area contributed by atoms with E-state index in [1.54, 1.807) is 0 Å². The number of hydrogen-bond acceptors (Lipinski definition) is 2. The maximum atomic E-state index is 11.6. The van der Waals surface area contributed by atoms with Gasteiger partial charge in [-0.25, -0.2) is 0 Å². The van der Waals surface area contributed by atoms with Crippen molar-refractivity contribution in [2.45, 2.75) is 12.9 Å². The first-order valence-corrected chi connectivity index (χ1v) is 4.93. The van der Waals surface area contributed by atoms with Crippen LogP contribution < -0.4 is 0 Å². The van der Waals surface area contributed by atoms with E-state index in [1.807, 2.05) is 22.6 Å². The average Bonchev–Trinajstić information content (AvgIpc) is 2.28. The summed E-state index contributed by atoms with van der Waals surface area (Å²) in [5.41, 5.74) is 0. The van der Waals surface area contributed by atoms with E-state index < -0.39 is 13.0 Å². The van der Waals surface area contributed by atoms with Crippen molar-refractivity contribution in [3.05, 3.63) is 14.9 Å². The van der Waals surface area contributed by atoms with Crippen molar-refractivity contribution in [3.63, 3.8) is 0 Å². The number of alkyl halides is 3. The standard InChI is InChI=1S/C6H5ClF3IN2O/c7-4-3-13(12-5(4)11)1-2-14-6(8,9)10/h3H,1-2H2. The molecule has 1 heterocycles. The number of nitrogens with zero attached hydrogens (tertiary/aromatic N) is 2. The fraction of sp³-hybridized carbons (Fsp3) is 0.500. The summed E-state index contributed by atoms with van der Waals surface area (Å²) in [5, 5.41) is 4.27. The molecule has 0 bridgehead atoms. The fourth-order valence-corrected chi connectivity index (χ4v) is 1.31. The summed E-state index contributed by atoms with van der Waals surface area (Å²) >= 11 is 7.53. The molecule has 1 aromatic rings. The van der Waals surface area contributed by atoms with E-state index in [4.69, 9.17) is 11.6 Å². The van der Waals surface area contributed by atoms with Gasteiger partial charge in [-0.3, -0.25) is 9.42 Å². The van der Waals surface area contributed by atoms with Crippen molar-refractivity contribution in [2.24, 2.45) is 0 Å². The molecule has 14 heavy (non-hydrogen) atoms. The lowest BCUT2D eigenvalue weighted by Crippen LogP contribution is -2.17. The Morgan fingerprint density at radius 2 is 2.21 bits per heavy atom. The number of hydrogen-bond donors (Lipinski definition) is 0. The molecule has 80 valence electrons. The Hall–Kier alpha value is -0.0200. The molecule has 3 nitrogen and oxygen atoms in total. The van der Waals surface area contributed by atoms with Crippen LogP contribution in [0.15, 0.2) is 6.20 Å². The Kier molecular flexibility index (Phi) is 4.02. The fourth-order valence-electron chi connectivity index (χ4n) is 0.743. The zero-order chi connectivity index (χ0) is 10.8. The van der Waals surface area contributed by atoms with E-state index in [0.717, 1.165) is 0 Å². The molecular formula is C6H5ClF3IN2O. The summed E-state index contributed by atoms with van der Waals surface area (Å²) in [7, 11) is 0. The van der Waals surface area contributed by atoms with Crippen molar-refractivity contribution in [3.8, 4) is 0 Å². The van der Waals surface area contributed by atoms with Crippen molar-refractivity contribution < 1.29 is 17.9 Å². The molecule has 0 aliphatic carbocycles. The number of rotatable bonds is 3. The Bertz CT molecular complexity index is 295. The third kappa shape index (κ3) is 4.01. The third-order valence-corrected chi connectivity index (χ3v) is 2.65. The van der Waals surface area contributed by atoms with E-state index in [9.17, 15) is 13.2 Å². The molecule has 0 saturated heterocycles. The Morgan fingerprint density at radius 1 is 1.57 bits per heavy atom. The molecule has 0 aromatic carbocycles. The van der Waals surface area contributed by atoms with Gasteiger partial charge in [-0.15, -0.1) is 13.2 Å². The van der Waals surface area contributed by atoms with Gasteiger partial charge in [0.25, 0.3) is 0 Å². The summed E-state index contributed by atoms with van der Waals surface area (Å²) in [6.07, 6.45) is -3.15. The molecule has 8 heteroatoms. The van der Waals surface area contributed by atoms with Crippen LogP contribution in [0.2, 0.25) is 5.02 Å². The molecular weight excluding hydrogens is 335 g/mol. The molecule has 0 radical (unpaired) electrons. The second kappa shape index (κ2) is 4.67. The molecule has 0 unspecified atom stereocenters. The quantitative estimate of drug-likeness (QED) is 0.791. The van der Waals surface area contributed by atoms with Crippen LogP contribution in [-0.2, 0) is 11.3 Å². The molecule has 0 N–H and O–H groups in total. The molecule has 0 amide bonds. The summed E-state index contributed by atoms with van der Waals surface area (Å²) in [6, 6.07) is 0.